The summed E-state index contributed by atoms with van der Waals surface area (Å²) in [5, 5.41) is 2.74. The summed E-state index contributed by atoms with van der Waals surface area (Å²) >= 11 is 0. The summed E-state index contributed by atoms with van der Waals surface area (Å²) in [6.45, 7) is 0. The molecule has 0 aliphatic heterocycles. The molecule has 1 aliphatic rings. The minimum atomic E-state index is -3.77. The summed E-state index contributed by atoms with van der Waals surface area (Å²) < 4.78 is 30.0. The molecular weight excluding hydrogens is 338 g/mol. The Morgan fingerprint density at radius 3 is 2.20 bits per heavy atom. The van der Waals surface area contributed by atoms with Crippen molar-refractivity contribution in [3.63, 3.8) is 0 Å². The largest absolute Gasteiger partial charge is 0.322 e. The van der Waals surface area contributed by atoms with Crippen LogP contribution in [0.4, 0.5) is 5.69 Å². The van der Waals surface area contributed by atoms with Gasteiger partial charge in [0.1, 0.15) is 0 Å². The number of amides is 1. The predicted octanol–water partition coefficient (Wildman–Crippen LogP) is 3.98. The molecule has 2 aromatic carbocycles. The molecule has 1 fully saturated rings. The maximum atomic E-state index is 12.3. The van der Waals surface area contributed by atoms with Gasteiger partial charge in [-0.2, -0.15) is 8.42 Å². The van der Waals surface area contributed by atoms with Gasteiger partial charge in [-0.15, -0.1) is 0 Å². The molecule has 1 N–H and O–H groups in total. The third-order valence-corrected chi connectivity index (χ3v) is 5.63. The second-order valence-corrected chi connectivity index (χ2v) is 7.73. The molecule has 0 radical (unpaired) electrons. The summed E-state index contributed by atoms with van der Waals surface area (Å²) in [6, 6.07) is 14.9. The molecule has 1 saturated carbocycles. The average molecular weight is 359 g/mol. The van der Waals surface area contributed by atoms with Gasteiger partial charge in [-0.25, -0.2) is 0 Å². The Morgan fingerprint density at radius 1 is 0.920 bits per heavy atom. The van der Waals surface area contributed by atoms with E-state index in [1.807, 2.05) is 6.07 Å². The predicted molar refractivity (Wildman–Crippen MR) is 96.0 cm³/mol. The van der Waals surface area contributed by atoms with Gasteiger partial charge in [0.2, 0.25) is 0 Å². The molecule has 0 heterocycles. The summed E-state index contributed by atoms with van der Waals surface area (Å²) in [7, 11) is -3.77. The van der Waals surface area contributed by atoms with Crippen molar-refractivity contribution in [2.24, 2.45) is 0 Å². The van der Waals surface area contributed by atoms with Gasteiger partial charge in [-0.3, -0.25) is 8.98 Å². The van der Waals surface area contributed by atoms with Crippen molar-refractivity contribution in [3.05, 3.63) is 60.2 Å². The van der Waals surface area contributed by atoms with Gasteiger partial charge in [0, 0.05) is 11.3 Å². The lowest BCUT2D eigenvalue weighted by atomic mass is 9.98. The van der Waals surface area contributed by atoms with Crippen LogP contribution in [0.1, 0.15) is 42.5 Å². The zero-order valence-corrected chi connectivity index (χ0v) is 14.7. The Hall–Kier alpha value is -2.18. The van der Waals surface area contributed by atoms with Crippen molar-refractivity contribution in [2.45, 2.75) is 43.1 Å². The van der Waals surface area contributed by atoms with Crippen molar-refractivity contribution >= 4 is 21.7 Å². The second-order valence-electron chi connectivity index (χ2n) is 6.15. The maximum absolute atomic E-state index is 12.3. The van der Waals surface area contributed by atoms with E-state index in [9.17, 15) is 13.2 Å². The number of carbonyl (C=O) groups excluding carboxylic acids is 1. The molecule has 0 atom stereocenters. The van der Waals surface area contributed by atoms with Crippen LogP contribution >= 0.6 is 0 Å². The topological polar surface area (TPSA) is 72.5 Å². The molecule has 25 heavy (non-hydrogen) atoms. The van der Waals surface area contributed by atoms with E-state index in [0.717, 1.165) is 32.1 Å². The molecule has 3 rings (SSSR count). The SMILES string of the molecule is O=C(Nc1ccc(S(=O)(=O)OC2CCCCC2)cc1)c1ccccc1. The van der Waals surface area contributed by atoms with Crippen molar-refractivity contribution in [1.82, 2.24) is 0 Å². The lowest BCUT2D eigenvalue weighted by Gasteiger charge is -2.21. The molecule has 2 aromatic rings. The number of benzene rings is 2. The van der Waals surface area contributed by atoms with E-state index in [0.29, 0.717) is 11.3 Å². The van der Waals surface area contributed by atoms with Crippen molar-refractivity contribution in [2.75, 3.05) is 5.32 Å². The Kier molecular flexibility index (Phi) is 5.50. The highest BCUT2D eigenvalue weighted by Crippen LogP contribution is 2.25. The van der Waals surface area contributed by atoms with Gasteiger partial charge >= 0.3 is 0 Å². The highest BCUT2D eigenvalue weighted by atomic mass is 32.2. The molecule has 1 amide bonds. The van der Waals surface area contributed by atoms with Crippen molar-refractivity contribution in [1.29, 1.82) is 0 Å². The highest BCUT2D eigenvalue weighted by Gasteiger charge is 2.23. The fourth-order valence-electron chi connectivity index (χ4n) is 2.89. The van der Waals surface area contributed by atoms with E-state index < -0.39 is 10.1 Å². The summed E-state index contributed by atoms with van der Waals surface area (Å²) in [4.78, 5) is 12.2. The van der Waals surface area contributed by atoms with E-state index in [1.165, 1.54) is 12.1 Å². The van der Waals surface area contributed by atoms with Gasteiger partial charge in [-0.05, 0) is 49.2 Å². The molecule has 5 nitrogen and oxygen atoms in total. The summed E-state index contributed by atoms with van der Waals surface area (Å²) in [6.07, 6.45) is 4.48. The molecule has 1 aliphatic carbocycles. The van der Waals surface area contributed by atoms with Crippen LogP contribution in [0.3, 0.4) is 0 Å². The highest BCUT2D eigenvalue weighted by molar-refractivity contribution is 7.86. The van der Waals surface area contributed by atoms with Crippen LogP contribution in [-0.4, -0.2) is 20.4 Å². The normalized spacial score (nSPS) is 15.7. The maximum Gasteiger partial charge on any atom is 0.297 e. The Balaban J connectivity index is 1.66. The number of rotatable bonds is 5. The molecule has 0 saturated heterocycles. The van der Waals surface area contributed by atoms with Crippen molar-refractivity contribution < 1.29 is 17.4 Å². The summed E-state index contributed by atoms with van der Waals surface area (Å²) in [5.74, 6) is -0.241. The zero-order valence-electron chi connectivity index (χ0n) is 13.9. The molecule has 6 heteroatoms. The third kappa shape index (κ3) is 4.67. The smallest absolute Gasteiger partial charge is 0.297 e. The van der Waals surface area contributed by atoms with Crippen LogP contribution < -0.4 is 5.32 Å². The number of hydrogen-bond acceptors (Lipinski definition) is 4. The van der Waals surface area contributed by atoms with Gasteiger partial charge in [0.15, 0.2) is 0 Å². The first-order valence-corrected chi connectivity index (χ1v) is 9.85. The number of anilines is 1. The first-order chi connectivity index (χ1) is 12.0. The molecular formula is C19H21NO4S. The van der Waals surface area contributed by atoms with E-state index in [2.05, 4.69) is 5.32 Å². The zero-order chi connectivity index (χ0) is 17.7. The van der Waals surface area contributed by atoms with Gasteiger partial charge < -0.3 is 5.32 Å². The molecule has 0 spiro atoms. The third-order valence-electron chi connectivity index (χ3n) is 4.25. The van der Waals surface area contributed by atoms with Gasteiger partial charge in [-0.1, -0.05) is 37.5 Å². The van der Waals surface area contributed by atoms with Crippen LogP contribution in [0.15, 0.2) is 59.5 Å². The van der Waals surface area contributed by atoms with E-state index in [1.54, 1.807) is 36.4 Å². The van der Waals surface area contributed by atoms with Crippen LogP contribution in [0.2, 0.25) is 0 Å². The minimum absolute atomic E-state index is 0.107. The van der Waals surface area contributed by atoms with E-state index >= 15 is 0 Å². The van der Waals surface area contributed by atoms with Crippen LogP contribution in [0.5, 0.6) is 0 Å². The minimum Gasteiger partial charge on any atom is -0.322 e. The Labute approximate surface area is 148 Å². The van der Waals surface area contributed by atoms with Crippen molar-refractivity contribution in [3.8, 4) is 0 Å². The number of carbonyl (C=O) groups is 1. The molecule has 0 unspecified atom stereocenters. The lowest BCUT2D eigenvalue weighted by Crippen LogP contribution is -2.21. The fraction of sp³-hybridized carbons (Fsp3) is 0.316. The van der Waals surface area contributed by atoms with Gasteiger partial charge in [0.05, 0.1) is 11.0 Å². The number of nitrogens with one attached hydrogen (secondary N) is 1. The van der Waals surface area contributed by atoms with E-state index in [-0.39, 0.29) is 16.9 Å². The van der Waals surface area contributed by atoms with Crippen LogP contribution in [-0.2, 0) is 14.3 Å². The van der Waals surface area contributed by atoms with E-state index in [4.69, 9.17) is 4.18 Å². The Bertz CT molecular complexity index is 810. The van der Waals surface area contributed by atoms with Gasteiger partial charge in [0.25, 0.3) is 16.0 Å². The quantitative estimate of drug-likeness (QED) is 0.820. The second kappa shape index (κ2) is 7.80. The lowest BCUT2D eigenvalue weighted by molar-refractivity contribution is 0.102. The molecule has 0 bridgehead atoms. The standard InChI is InChI=1S/C19H21NO4S/c21-19(15-7-3-1-4-8-15)20-16-11-13-18(14-12-16)25(22,23)24-17-9-5-2-6-10-17/h1,3-4,7-8,11-14,17H,2,5-6,9-10H2,(H,20,21). The summed E-state index contributed by atoms with van der Waals surface area (Å²) in [5.41, 5.74) is 1.07. The first-order valence-electron chi connectivity index (χ1n) is 8.44. The monoisotopic (exact) mass is 359 g/mol. The van der Waals surface area contributed by atoms with Crippen LogP contribution in [0.25, 0.3) is 0 Å². The Morgan fingerprint density at radius 2 is 1.56 bits per heavy atom. The average Bonchev–Trinajstić information content (AvgIpc) is 2.63. The fourth-order valence-corrected chi connectivity index (χ4v) is 4.03. The van der Waals surface area contributed by atoms with Crippen LogP contribution in [0, 0.1) is 0 Å². The number of hydrogen-bond donors (Lipinski definition) is 1. The first kappa shape index (κ1) is 17.6. The molecule has 0 aromatic heterocycles. The molecule has 132 valence electrons.